The van der Waals surface area contributed by atoms with Crippen molar-refractivity contribution in [3.8, 4) is 11.3 Å². The minimum Gasteiger partial charge on any atom is -0.368 e. The first kappa shape index (κ1) is 22.1. The molecule has 166 valence electrons. The van der Waals surface area contributed by atoms with Gasteiger partial charge in [-0.2, -0.15) is 5.10 Å². The lowest BCUT2D eigenvalue weighted by molar-refractivity contribution is -0.132. The highest BCUT2D eigenvalue weighted by atomic mass is 35.5. The third kappa shape index (κ3) is 4.86. The Labute approximate surface area is 193 Å². The highest BCUT2D eigenvalue weighted by Gasteiger charge is 2.23. The van der Waals surface area contributed by atoms with Crippen molar-refractivity contribution in [2.45, 2.75) is 26.8 Å². The first-order valence-electron chi connectivity index (χ1n) is 10.9. The van der Waals surface area contributed by atoms with Gasteiger partial charge in [0.1, 0.15) is 6.54 Å². The lowest BCUT2D eigenvalue weighted by Gasteiger charge is -2.37. The number of anilines is 1. The summed E-state index contributed by atoms with van der Waals surface area (Å²) in [7, 11) is 0. The molecule has 0 unspecified atom stereocenters. The van der Waals surface area contributed by atoms with Crippen LogP contribution in [0, 0.1) is 6.92 Å². The van der Waals surface area contributed by atoms with E-state index in [0.717, 1.165) is 36.3 Å². The number of piperazine rings is 1. The SMILES string of the molecule is CCc1ccc(-c2ccc(=O)n(CC(=O)N3CCN(c4cc(Cl)ccc4C)CC3)n2)cc1. The van der Waals surface area contributed by atoms with E-state index < -0.39 is 0 Å². The van der Waals surface area contributed by atoms with Crippen LogP contribution in [0.4, 0.5) is 5.69 Å². The molecule has 2 aromatic carbocycles. The van der Waals surface area contributed by atoms with Crippen LogP contribution in [-0.2, 0) is 17.8 Å². The number of carbonyl (C=O) groups excluding carboxylic acids is 1. The van der Waals surface area contributed by atoms with Crippen molar-refractivity contribution >= 4 is 23.2 Å². The highest BCUT2D eigenvalue weighted by Crippen LogP contribution is 2.25. The molecular formula is C25H27ClN4O2. The van der Waals surface area contributed by atoms with Gasteiger partial charge in [-0.15, -0.1) is 0 Å². The Kier molecular flexibility index (Phi) is 6.61. The molecule has 0 bridgehead atoms. The van der Waals surface area contributed by atoms with E-state index in [9.17, 15) is 9.59 Å². The summed E-state index contributed by atoms with van der Waals surface area (Å²) in [6.45, 7) is 6.74. The average Bonchev–Trinajstić information content (AvgIpc) is 2.82. The van der Waals surface area contributed by atoms with Crippen LogP contribution in [0.5, 0.6) is 0 Å². The lowest BCUT2D eigenvalue weighted by atomic mass is 10.1. The molecule has 2 heterocycles. The van der Waals surface area contributed by atoms with Gasteiger partial charge in [-0.1, -0.05) is 48.9 Å². The first-order chi connectivity index (χ1) is 15.4. The topological polar surface area (TPSA) is 58.4 Å². The quantitative estimate of drug-likeness (QED) is 0.593. The summed E-state index contributed by atoms with van der Waals surface area (Å²) in [5.74, 6) is -0.0967. The Bertz CT molecular complexity index is 1170. The molecule has 3 aromatic rings. The van der Waals surface area contributed by atoms with E-state index >= 15 is 0 Å². The second kappa shape index (κ2) is 9.57. The van der Waals surface area contributed by atoms with E-state index in [1.807, 2.05) is 30.3 Å². The maximum atomic E-state index is 12.9. The number of carbonyl (C=O) groups is 1. The minimum absolute atomic E-state index is 0.0596. The first-order valence-corrected chi connectivity index (χ1v) is 11.3. The van der Waals surface area contributed by atoms with Crippen LogP contribution in [0.25, 0.3) is 11.3 Å². The predicted molar refractivity (Wildman–Crippen MR) is 128 cm³/mol. The summed E-state index contributed by atoms with van der Waals surface area (Å²) in [6, 6.07) is 17.1. The van der Waals surface area contributed by atoms with E-state index in [1.54, 1.807) is 11.0 Å². The molecule has 32 heavy (non-hydrogen) atoms. The van der Waals surface area contributed by atoms with E-state index in [0.29, 0.717) is 23.8 Å². The number of aryl methyl sites for hydroxylation is 2. The molecule has 1 aliphatic heterocycles. The van der Waals surface area contributed by atoms with Gasteiger partial charge in [-0.05, 0) is 42.7 Å². The van der Waals surface area contributed by atoms with Gasteiger partial charge in [0.15, 0.2) is 0 Å². The average molecular weight is 451 g/mol. The zero-order chi connectivity index (χ0) is 22.7. The van der Waals surface area contributed by atoms with Gasteiger partial charge in [0.2, 0.25) is 5.91 Å². The number of aromatic nitrogens is 2. The molecule has 0 aliphatic carbocycles. The monoisotopic (exact) mass is 450 g/mol. The number of hydrogen-bond acceptors (Lipinski definition) is 4. The summed E-state index contributed by atoms with van der Waals surface area (Å²) < 4.78 is 1.26. The van der Waals surface area contributed by atoms with Gasteiger partial charge in [-0.3, -0.25) is 9.59 Å². The molecule has 0 atom stereocenters. The Hall–Kier alpha value is -3.12. The molecule has 0 N–H and O–H groups in total. The van der Waals surface area contributed by atoms with Crippen molar-refractivity contribution in [3.05, 3.63) is 81.1 Å². The molecule has 6 nitrogen and oxygen atoms in total. The lowest BCUT2D eigenvalue weighted by Crippen LogP contribution is -2.50. The van der Waals surface area contributed by atoms with E-state index in [-0.39, 0.29) is 18.0 Å². The predicted octanol–water partition coefficient (Wildman–Crippen LogP) is 3.78. The van der Waals surface area contributed by atoms with Crippen LogP contribution in [0.2, 0.25) is 5.02 Å². The third-order valence-electron chi connectivity index (χ3n) is 5.95. The van der Waals surface area contributed by atoms with Crippen molar-refractivity contribution in [3.63, 3.8) is 0 Å². The fraction of sp³-hybridized carbons (Fsp3) is 0.320. The number of nitrogens with zero attached hydrogens (tertiary/aromatic N) is 4. The molecule has 0 saturated carbocycles. The van der Waals surface area contributed by atoms with Crippen molar-refractivity contribution in [1.82, 2.24) is 14.7 Å². The molecule has 1 saturated heterocycles. The van der Waals surface area contributed by atoms with Crippen molar-refractivity contribution in [2.24, 2.45) is 0 Å². The third-order valence-corrected chi connectivity index (χ3v) is 6.19. The van der Waals surface area contributed by atoms with Gasteiger partial charge in [0.05, 0.1) is 5.69 Å². The summed E-state index contributed by atoms with van der Waals surface area (Å²) in [4.78, 5) is 29.3. The zero-order valence-electron chi connectivity index (χ0n) is 18.4. The van der Waals surface area contributed by atoms with Gasteiger partial charge in [-0.25, -0.2) is 4.68 Å². The standard InChI is InChI=1S/C25H27ClN4O2/c1-3-19-5-7-20(8-6-19)22-10-11-24(31)30(27-22)17-25(32)29-14-12-28(13-15-29)23-16-21(26)9-4-18(23)2/h4-11,16H,3,12-15,17H2,1-2H3. The molecule has 7 heteroatoms. The van der Waals surface area contributed by atoms with Crippen LogP contribution in [-0.4, -0.2) is 46.8 Å². The Morgan fingerprint density at radius 1 is 1.00 bits per heavy atom. The van der Waals surface area contributed by atoms with Crippen molar-refractivity contribution in [1.29, 1.82) is 0 Å². The minimum atomic E-state index is -0.277. The molecular weight excluding hydrogens is 424 g/mol. The second-order valence-corrected chi connectivity index (χ2v) is 8.50. The maximum Gasteiger partial charge on any atom is 0.267 e. The zero-order valence-corrected chi connectivity index (χ0v) is 19.2. The van der Waals surface area contributed by atoms with Crippen LogP contribution >= 0.6 is 11.6 Å². The number of amides is 1. The van der Waals surface area contributed by atoms with Crippen LogP contribution in [0.3, 0.4) is 0 Å². The van der Waals surface area contributed by atoms with Crippen LogP contribution < -0.4 is 10.5 Å². The summed E-state index contributed by atoms with van der Waals surface area (Å²) >= 11 is 6.16. The smallest absolute Gasteiger partial charge is 0.267 e. The van der Waals surface area contributed by atoms with E-state index in [2.05, 4.69) is 36.0 Å². The van der Waals surface area contributed by atoms with Crippen molar-refractivity contribution < 1.29 is 4.79 Å². The molecule has 1 fully saturated rings. The highest BCUT2D eigenvalue weighted by molar-refractivity contribution is 6.30. The number of rotatable bonds is 5. The van der Waals surface area contributed by atoms with Crippen LogP contribution in [0.1, 0.15) is 18.1 Å². The molecule has 0 spiro atoms. The van der Waals surface area contributed by atoms with E-state index in [4.69, 9.17) is 11.6 Å². The van der Waals surface area contributed by atoms with Gasteiger partial charge < -0.3 is 9.80 Å². The molecule has 1 amide bonds. The van der Waals surface area contributed by atoms with Crippen LogP contribution in [0.15, 0.2) is 59.4 Å². The van der Waals surface area contributed by atoms with Gasteiger partial charge in [0, 0.05) is 48.5 Å². The molecule has 1 aliphatic rings. The van der Waals surface area contributed by atoms with E-state index in [1.165, 1.54) is 16.3 Å². The fourth-order valence-corrected chi connectivity index (χ4v) is 4.14. The summed E-state index contributed by atoms with van der Waals surface area (Å²) in [5.41, 5.74) is 4.83. The largest absolute Gasteiger partial charge is 0.368 e. The second-order valence-electron chi connectivity index (χ2n) is 8.06. The number of hydrogen-bond donors (Lipinski definition) is 0. The Balaban J connectivity index is 1.43. The Morgan fingerprint density at radius 3 is 2.41 bits per heavy atom. The molecule has 4 rings (SSSR count). The summed E-state index contributed by atoms with van der Waals surface area (Å²) in [6.07, 6.45) is 0.964. The normalized spacial score (nSPS) is 14.0. The fourth-order valence-electron chi connectivity index (χ4n) is 3.98. The molecule has 0 radical (unpaired) electrons. The van der Waals surface area contributed by atoms with Gasteiger partial charge >= 0.3 is 0 Å². The Morgan fingerprint density at radius 2 is 1.72 bits per heavy atom. The number of benzene rings is 2. The molecule has 1 aromatic heterocycles. The van der Waals surface area contributed by atoms with Gasteiger partial charge in [0.25, 0.3) is 5.56 Å². The maximum absolute atomic E-state index is 12.9. The summed E-state index contributed by atoms with van der Waals surface area (Å²) in [5, 5.41) is 5.16. The number of halogens is 1. The van der Waals surface area contributed by atoms with Crippen molar-refractivity contribution in [2.75, 3.05) is 31.1 Å².